The van der Waals surface area contributed by atoms with Gasteiger partial charge in [0.05, 0.1) is 6.61 Å². The number of hydrogen-bond acceptors (Lipinski definition) is 3. The maximum atomic E-state index is 13.9. The summed E-state index contributed by atoms with van der Waals surface area (Å²) in [7, 11) is 3.63. The first-order chi connectivity index (χ1) is 15.7. The Morgan fingerprint density at radius 2 is 1.61 bits per heavy atom. The van der Waals surface area contributed by atoms with Gasteiger partial charge in [-0.2, -0.15) is 0 Å². The van der Waals surface area contributed by atoms with Gasteiger partial charge >= 0.3 is 0 Å². The Morgan fingerprint density at radius 1 is 1.00 bits per heavy atom. The molecule has 0 amide bonds. The number of rotatable bonds is 12. The predicted octanol–water partition coefficient (Wildman–Crippen LogP) is 6.13. The fourth-order valence-corrected chi connectivity index (χ4v) is 3.30. The average molecular weight is 484 g/mol. The topological polar surface area (TPSA) is 27.7 Å². The van der Waals surface area contributed by atoms with Crippen molar-refractivity contribution in [2.45, 2.75) is 25.7 Å². The standard InChI is InChI=1S/C24H29F4N3OS/c1-4-13-30(2)14-7-5-6-8-15-32-18-11-9-17(10-12-18)31(3)24(33)29-23-21(27)19(25)16-20(26)22(23)28/h4,9-12,16H,1,5-8,13-15H2,2-3H3,(H,29,33). The van der Waals surface area contributed by atoms with Gasteiger partial charge in [-0.1, -0.05) is 18.9 Å². The third kappa shape index (κ3) is 8.01. The Labute approximate surface area is 197 Å². The molecule has 0 fully saturated rings. The van der Waals surface area contributed by atoms with Crippen molar-refractivity contribution in [3.05, 3.63) is 66.3 Å². The molecule has 0 unspecified atom stereocenters. The van der Waals surface area contributed by atoms with Gasteiger partial charge < -0.3 is 19.9 Å². The second kappa shape index (κ2) is 13.2. The first-order valence-electron chi connectivity index (χ1n) is 10.6. The number of halogens is 4. The largest absolute Gasteiger partial charge is 0.494 e. The summed E-state index contributed by atoms with van der Waals surface area (Å²) < 4.78 is 60.2. The number of unbranched alkanes of at least 4 members (excludes halogenated alkanes) is 3. The van der Waals surface area contributed by atoms with Crippen molar-refractivity contribution < 1.29 is 22.3 Å². The summed E-state index contributed by atoms with van der Waals surface area (Å²) in [5.74, 6) is -5.43. The number of anilines is 2. The van der Waals surface area contributed by atoms with Gasteiger partial charge in [-0.15, -0.1) is 6.58 Å². The SMILES string of the molecule is C=CCN(C)CCCCCCOc1ccc(N(C)C(=S)Nc2c(F)c(F)cc(F)c2F)cc1. The molecule has 0 saturated heterocycles. The van der Waals surface area contributed by atoms with Gasteiger partial charge in [0.15, 0.2) is 28.4 Å². The third-order valence-electron chi connectivity index (χ3n) is 5.02. The van der Waals surface area contributed by atoms with Crippen molar-refractivity contribution in [2.24, 2.45) is 0 Å². The maximum Gasteiger partial charge on any atom is 0.185 e. The maximum absolute atomic E-state index is 13.9. The number of ether oxygens (including phenoxy) is 1. The highest BCUT2D eigenvalue weighted by Gasteiger charge is 2.21. The van der Waals surface area contributed by atoms with Crippen molar-refractivity contribution in [2.75, 3.05) is 44.0 Å². The van der Waals surface area contributed by atoms with E-state index in [0.717, 1.165) is 38.8 Å². The van der Waals surface area contributed by atoms with E-state index >= 15 is 0 Å². The zero-order valence-electron chi connectivity index (χ0n) is 18.8. The summed E-state index contributed by atoms with van der Waals surface area (Å²) >= 11 is 5.13. The molecule has 0 aromatic heterocycles. The molecular weight excluding hydrogens is 454 g/mol. The first kappa shape index (κ1) is 26.6. The quantitative estimate of drug-likeness (QED) is 0.129. The molecule has 0 bridgehead atoms. The Kier molecular flexibility index (Phi) is 10.6. The summed E-state index contributed by atoms with van der Waals surface area (Å²) in [5.41, 5.74) is -0.377. The van der Waals surface area contributed by atoms with Crippen molar-refractivity contribution in [1.82, 2.24) is 4.90 Å². The van der Waals surface area contributed by atoms with E-state index in [-0.39, 0.29) is 11.2 Å². The Balaban J connectivity index is 1.80. The van der Waals surface area contributed by atoms with Crippen LogP contribution in [0, 0.1) is 23.3 Å². The fourth-order valence-electron chi connectivity index (χ4n) is 3.10. The van der Waals surface area contributed by atoms with Crippen LogP contribution in [0.5, 0.6) is 5.75 Å². The highest BCUT2D eigenvalue weighted by atomic mass is 32.1. The number of benzene rings is 2. The van der Waals surface area contributed by atoms with Crippen LogP contribution in [-0.2, 0) is 0 Å². The molecular formula is C24H29F4N3OS. The van der Waals surface area contributed by atoms with E-state index in [1.54, 1.807) is 31.3 Å². The minimum atomic E-state index is -1.54. The number of thiocarbonyl (C=S) groups is 1. The molecule has 0 aliphatic rings. The summed E-state index contributed by atoms with van der Waals surface area (Å²) in [4.78, 5) is 3.65. The Morgan fingerprint density at radius 3 is 2.21 bits per heavy atom. The average Bonchev–Trinajstić information content (AvgIpc) is 2.80. The highest BCUT2D eigenvalue weighted by Crippen LogP contribution is 2.25. The van der Waals surface area contributed by atoms with Crippen molar-refractivity contribution in [3.63, 3.8) is 0 Å². The molecule has 2 aromatic carbocycles. The lowest BCUT2D eigenvalue weighted by Gasteiger charge is -2.22. The zero-order valence-corrected chi connectivity index (χ0v) is 19.7. The molecule has 2 rings (SSSR count). The Bertz CT molecular complexity index is 914. The monoisotopic (exact) mass is 483 g/mol. The summed E-state index contributed by atoms with van der Waals surface area (Å²) in [6.45, 7) is 6.27. The minimum Gasteiger partial charge on any atom is -0.494 e. The fraction of sp³-hybridized carbons (Fsp3) is 0.375. The number of nitrogens with zero attached hydrogens (tertiary/aromatic N) is 2. The van der Waals surface area contributed by atoms with Crippen molar-refractivity contribution >= 4 is 28.7 Å². The lowest BCUT2D eigenvalue weighted by molar-refractivity contribution is 0.300. The van der Waals surface area contributed by atoms with Gasteiger partial charge in [0.1, 0.15) is 11.4 Å². The minimum absolute atomic E-state index is 0.134. The van der Waals surface area contributed by atoms with E-state index < -0.39 is 29.0 Å². The number of nitrogens with one attached hydrogen (secondary N) is 1. The van der Waals surface area contributed by atoms with Crippen LogP contribution in [0.1, 0.15) is 25.7 Å². The molecule has 2 aromatic rings. The van der Waals surface area contributed by atoms with Crippen LogP contribution in [-0.4, -0.2) is 43.8 Å². The molecule has 0 aliphatic heterocycles. The smallest absolute Gasteiger partial charge is 0.185 e. The molecule has 180 valence electrons. The van der Waals surface area contributed by atoms with Crippen LogP contribution >= 0.6 is 12.2 Å². The second-order valence-corrected chi connectivity index (χ2v) is 8.03. The third-order valence-corrected chi connectivity index (χ3v) is 5.39. The second-order valence-electron chi connectivity index (χ2n) is 7.64. The van der Waals surface area contributed by atoms with Gasteiger partial charge in [-0.05, 0) is 62.9 Å². The molecule has 0 spiro atoms. The van der Waals surface area contributed by atoms with Gasteiger partial charge in [0, 0.05) is 25.3 Å². The lowest BCUT2D eigenvalue weighted by Crippen LogP contribution is -2.31. The Hall–Kier alpha value is -2.65. The molecule has 0 heterocycles. The van der Waals surface area contributed by atoms with Crippen LogP contribution in [0.4, 0.5) is 28.9 Å². The van der Waals surface area contributed by atoms with Crippen molar-refractivity contribution in [1.29, 1.82) is 0 Å². The van der Waals surface area contributed by atoms with Crippen molar-refractivity contribution in [3.8, 4) is 5.75 Å². The number of likely N-dealkylation sites (N-methyl/N-ethyl adjacent to an activating group) is 1. The van der Waals surface area contributed by atoms with E-state index in [1.165, 1.54) is 4.90 Å². The summed E-state index contributed by atoms with van der Waals surface area (Å²) in [6, 6.07) is 7.09. The van der Waals surface area contributed by atoms with Crippen LogP contribution in [0.3, 0.4) is 0 Å². The van der Waals surface area contributed by atoms with Crippen LogP contribution in [0.15, 0.2) is 43.0 Å². The first-order valence-corrected chi connectivity index (χ1v) is 11.1. The van der Waals surface area contributed by atoms with Gasteiger partial charge in [-0.3, -0.25) is 0 Å². The molecule has 0 radical (unpaired) electrons. The van der Waals surface area contributed by atoms with Crippen LogP contribution in [0.2, 0.25) is 0 Å². The van der Waals surface area contributed by atoms with E-state index in [9.17, 15) is 17.6 Å². The van der Waals surface area contributed by atoms with Gasteiger partial charge in [-0.25, -0.2) is 17.6 Å². The predicted molar refractivity (Wildman–Crippen MR) is 129 cm³/mol. The molecule has 0 atom stereocenters. The van der Waals surface area contributed by atoms with Crippen LogP contribution in [0.25, 0.3) is 0 Å². The molecule has 1 N–H and O–H groups in total. The van der Waals surface area contributed by atoms with E-state index in [2.05, 4.69) is 23.8 Å². The summed E-state index contributed by atoms with van der Waals surface area (Å²) in [6.07, 6.45) is 6.19. The van der Waals surface area contributed by atoms with Gasteiger partial charge in [0.25, 0.3) is 0 Å². The molecule has 33 heavy (non-hydrogen) atoms. The number of hydrogen-bond donors (Lipinski definition) is 1. The zero-order chi connectivity index (χ0) is 24.4. The van der Waals surface area contributed by atoms with Crippen LogP contribution < -0.4 is 15.0 Å². The summed E-state index contributed by atoms with van der Waals surface area (Å²) in [5, 5.41) is 2.10. The molecule has 9 heteroatoms. The molecule has 0 saturated carbocycles. The normalized spacial score (nSPS) is 10.9. The van der Waals surface area contributed by atoms with E-state index in [0.29, 0.717) is 18.0 Å². The van der Waals surface area contributed by atoms with E-state index in [1.807, 2.05) is 6.08 Å². The highest BCUT2D eigenvalue weighted by molar-refractivity contribution is 7.80. The van der Waals surface area contributed by atoms with E-state index in [4.69, 9.17) is 17.0 Å². The molecule has 0 aliphatic carbocycles. The lowest BCUT2D eigenvalue weighted by atomic mass is 10.2. The van der Waals surface area contributed by atoms with Gasteiger partial charge in [0.2, 0.25) is 0 Å². The molecule has 4 nitrogen and oxygen atoms in total.